The Morgan fingerprint density at radius 1 is 1.33 bits per heavy atom. The van der Waals surface area contributed by atoms with Crippen molar-refractivity contribution in [1.29, 1.82) is 0 Å². The minimum Gasteiger partial charge on any atom is -0.324 e. The number of hydrogen-bond acceptors (Lipinski definition) is 1. The van der Waals surface area contributed by atoms with Crippen LogP contribution in [0.25, 0.3) is 5.57 Å². The second-order valence-electron chi connectivity index (χ2n) is 3.20. The summed E-state index contributed by atoms with van der Waals surface area (Å²) in [5, 5.41) is 0. The smallest absolute Gasteiger partial charge is 0.0266 e. The van der Waals surface area contributed by atoms with E-state index in [-0.39, 0.29) is 6.04 Å². The molecule has 1 heteroatoms. The van der Waals surface area contributed by atoms with E-state index in [1.54, 1.807) is 0 Å². The molecule has 0 spiro atoms. The highest BCUT2D eigenvalue weighted by Crippen LogP contribution is 2.30. The van der Waals surface area contributed by atoms with Crippen LogP contribution in [0.3, 0.4) is 0 Å². The number of allylic oxidation sites excluding steroid dienone is 2. The van der Waals surface area contributed by atoms with Gasteiger partial charge in [-0.2, -0.15) is 0 Å². The number of nitrogens with two attached hydrogens (primary N) is 1. The molecule has 1 aliphatic carbocycles. The van der Waals surface area contributed by atoms with E-state index in [1.165, 1.54) is 16.7 Å². The third-order valence-electron chi connectivity index (χ3n) is 2.08. The molecule has 0 unspecified atom stereocenters. The lowest BCUT2D eigenvalue weighted by Crippen LogP contribution is -2.04. The van der Waals surface area contributed by atoms with E-state index in [4.69, 9.17) is 5.73 Å². The molecule has 2 rings (SSSR count). The first-order chi connectivity index (χ1) is 5.77. The van der Waals surface area contributed by atoms with E-state index in [0.717, 1.165) is 0 Å². The molecule has 0 saturated heterocycles. The fourth-order valence-electron chi connectivity index (χ4n) is 1.24. The van der Waals surface area contributed by atoms with Crippen molar-refractivity contribution in [3.8, 4) is 0 Å². The molecule has 0 fully saturated rings. The van der Waals surface area contributed by atoms with Crippen molar-refractivity contribution in [2.75, 3.05) is 0 Å². The second-order valence-corrected chi connectivity index (χ2v) is 3.20. The average Bonchev–Trinajstić information content (AvgIpc) is 2.87. The Balaban J connectivity index is 2.33. The molecular weight excluding hydrogens is 146 g/mol. The van der Waals surface area contributed by atoms with Gasteiger partial charge in [0.25, 0.3) is 0 Å². The maximum Gasteiger partial charge on any atom is 0.0266 e. The van der Waals surface area contributed by atoms with Crippen molar-refractivity contribution in [3.05, 3.63) is 47.9 Å². The molecule has 0 aromatic heterocycles. The van der Waals surface area contributed by atoms with Crippen LogP contribution in [0.1, 0.15) is 24.1 Å². The Labute approximate surface area is 72.9 Å². The second kappa shape index (κ2) is 2.76. The van der Waals surface area contributed by atoms with Crippen molar-refractivity contribution in [2.24, 2.45) is 5.73 Å². The van der Waals surface area contributed by atoms with Gasteiger partial charge in [-0.15, -0.1) is 0 Å². The summed E-state index contributed by atoms with van der Waals surface area (Å²) in [6.07, 6.45) is 4.22. The standard InChI is InChI=1S/C11H12N/c1-8(12)10-3-2-4-11(7-10)9-5-6-9/h2-8H,12H2,1H3/t8-/m1/s1. The molecule has 1 radical (unpaired) electrons. The van der Waals surface area contributed by atoms with E-state index in [9.17, 15) is 0 Å². The third kappa shape index (κ3) is 1.41. The topological polar surface area (TPSA) is 26.0 Å². The summed E-state index contributed by atoms with van der Waals surface area (Å²) in [4.78, 5) is 0. The quantitative estimate of drug-likeness (QED) is 0.702. The molecule has 12 heavy (non-hydrogen) atoms. The first kappa shape index (κ1) is 7.56. The zero-order chi connectivity index (χ0) is 8.55. The maximum atomic E-state index is 5.77. The van der Waals surface area contributed by atoms with Gasteiger partial charge in [0.05, 0.1) is 0 Å². The van der Waals surface area contributed by atoms with Crippen LogP contribution in [0.4, 0.5) is 0 Å². The van der Waals surface area contributed by atoms with Crippen LogP contribution in [0.5, 0.6) is 0 Å². The third-order valence-corrected chi connectivity index (χ3v) is 2.08. The molecule has 1 aromatic rings. The largest absolute Gasteiger partial charge is 0.324 e. The van der Waals surface area contributed by atoms with Gasteiger partial charge in [0, 0.05) is 12.5 Å². The average molecular weight is 158 g/mol. The highest BCUT2D eigenvalue weighted by Gasteiger charge is 2.11. The fourth-order valence-corrected chi connectivity index (χ4v) is 1.24. The van der Waals surface area contributed by atoms with Gasteiger partial charge in [0.2, 0.25) is 0 Å². The van der Waals surface area contributed by atoms with Crippen LogP contribution < -0.4 is 5.73 Å². The van der Waals surface area contributed by atoms with E-state index < -0.39 is 0 Å². The first-order valence-electron chi connectivity index (χ1n) is 4.18. The fraction of sp³-hybridized carbons (Fsp3) is 0.182. The molecule has 0 saturated carbocycles. The lowest BCUT2D eigenvalue weighted by molar-refractivity contribution is 0.818. The van der Waals surface area contributed by atoms with Gasteiger partial charge in [0.15, 0.2) is 0 Å². The molecule has 1 aromatic carbocycles. The molecule has 1 atom stereocenters. The highest BCUT2D eigenvalue weighted by molar-refractivity contribution is 5.87. The summed E-state index contributed by atoms with van der Waals surface area (Å²) in [6, 6.07) is 8.52. The molecule has 1 aliphatic rings. The van der Waals surface area contributed by atoms with E-state index >= 15 is 0 Å². The minimum absolute atomic E-state index is 0.129. The number of hydrogen-bond donors (Lipinski definition) is 1. The molecular formula is C11H12N. The maximum absolute atomic E-state index is 5.77. The zero-order valence-electron chi connectivity index (χ0n) is 7.12. The Morgan fingerprint density at radius 3 is 2.67 bits per heavy atom. The van der Waals surface area contributed by atoms with Gasteiger partial charge < -0.3 is 5.73 Å². The molecule has 61 valence electrons. The summed E-state index contributed by atoms with van der Waals surface area (Å²) >= 11 is 0. The molecule has 0 amide bonds. The minimum atomic E-state index is 0.129. The summed E-state index contributed by atoms with van der Waals surface area (Å²) < 4.78 is 0. The summed E-state index contributed by atoms with van der Waals surface area (Å²) in [6.45, 7) is 2.00. The van der Waals surface area contributed by atoms with Gasteiger partial charge >= 0.3 is 0 Å². The normalized spacial score (nSPS) is 17.0. The van der Waals surface area contributed by atoms with Crippen LogP contribution in [-0.4, -0.2) is 0 Å². The van der Waals surface area contributed by atoms with Crippen LogP contribution in [-0.2, 0) is 0 Å². The van der Waals surface area contributed by atoms with Crippen molar-refractivity contribution >= 4 is 5.57 Å². The van der Waals surface area contributed by atoms with Crippen molar-refractivity contribution in [2.45, 2.75) is 13.0 Å². The van der Waals surface area contributed by atoms with Crippen LogP contribution in [0.2, 0.25) is 0 Å². The van der Waals surface area contributed by atoms with Gasteiger partial charge in [-0.3, -0.25) is 0 Å². The Hall–Kier alpha value is -1.08. The van der Waals surface area contributed by atoms with Crippen molar-refractivity contribution in [1.82, 2.24) is 0 Å². The number of benzene rings is 1. The molecule has 1 nitrogen and oxygen atoms in total. The molecule has 0 aliphatic heterocycles. The molecule has 0 heterocycles. The van der Waals surface area contributed by atoms with Crippen LogP contribution >= 0.6 is 0 Å². The van der Waals surface area contributed by atoms with Gasteiger partial charge in [0.1, 0.15) is 0 Å². The number of rotatable bonds is 2. The van der Waals surface area contributed by atoms with Gasteiger partial charge in [-0.05, 0) is 29.7 Å². The SMILES string of the molecule is C[C@@H](N)c1cccc(C2=C[CH]2)c1. The van der Waals surface area contributed by atoms with Gasteiger partial charge in [-0.25, -0.2) is 0 Å². The lowest BCUT2D eigenvalue weighted by Gasteiger charge is -2.05. The summed E-state index contributed by atoms with van der Waals surface area (Å²) in [7, 11) is 0. The van der Waals surface area contributed by atoms with E-state index in [0.29, 0.717) is 0 Å². The Bertz CT molecular complexity index is 324. The zero-order valence-corrected chi connectivity index (χ0v) is 7.12. The van der Waals surface area contributed by atoms with E-state index in [1.807, 2.05) is 6.92 Å². The predicted molar refractivity (Wildman–Crippen MR) is 51.3 cm³/mol. The van der Waals surface area contributed by atoms with Crippen molar-refractivity contribution < 1.29 is 0 Å². The summed E-state index contributed by atoms with van der Waals surface area (Å²) in [5.41, 5.74) is 9.59. The first-order valence-corrected chi connectivity index (χ1v) is 4.18. The van der Waals surface area contributed by atoms with Crippen LogP contribution in [0.15, 0.2) is 30.3 Å². The van der Waals surface area contributed by atoms with Crippen LogP contribution in [0, 0.1) is 6.42 Å². The Morgan fingerprint density at radius 2 is 2.08 bits per heavy atom. The van der Waals surface area contributed by atoms with Crippen molar-refractivity contribution in [3.63, 3.8) is 0 Å². The monoisotopic (exact) mass is 158 g/mol. The molecule has 2 N–H and O–H groups in total. The predicted octanol–water partition coefficient (Wildman–Crippen LogP) is 2.31. The lowest BCUT2D eigenvalue weighted by atomic mass is 10.0. The Kier molecular flexibility index (Phi) is 1.74. The van der Waals surface area contributed by atoms with E-state index in [2.05, 4.69) is 36.8 Å². The highest BCUT2D eigenvalue weighted by atomic mass is 14.6. The molecule has 0 bridgehead atoms. The van der Waals surface area contributed by atoms with Gasteiger partial charge in [-0.1, -0.05) is 24.3 Å². The summed E-state index contributed by atoms with van der Waals surface area (Å²) in [5.74, 6) is 0.